The van der Waals surface area contributed by atoms with Gasteiger partial charge in [-0.3, -0.25) is 4.79 Å². The van der Waals surface area contributed by atoms with E-state index in [0.717, 1.165) is 26.4 Å². The van der Waals surface area contributed by atoms with Crippen LogP contribution in [0.15, 0.2) is 10.4 Å². The lowest BCUT2D eigenvalue weighted by molar-refractivity contribution is 0.102. The lowest BCUT2D eigenvalue weighted by Gasteiger charge is -1.97. The molecule has 1 aliphatic rings. The van der Waals surface area contributed by atoms with Crippen molar-refractivity contribution in [3.05, 3.63) is 23.0 Å². The number of Topliss-reactive ketones (excluding diaryl/α,β-unsaturated/α-hetero) is 1. The van der Waals surface area contributed by atoms with Crippen molar-refractivity contribution in [3.63, 3.8) is 0 Å². The summed E-state index contributed by atoms with van der Waals surface area (Å²) < 4.78 is 0.839. The summed E-state index contributed by atoms with van der Waals surface area (Å²) in [7, 11) is 0. The van der Waals surface area contributed by atoms with E-state index < -0.39 is 0 Å². The first-order chi connectivity index (χ1) is 9.61. The molecule has 3 rings (SSSR count). The highest BCUT2D eigenvalue weighted by atomic mass is 32.2. The highest BCUT2D eigenvalue weighted by Crippen LogP contribution is 2.30. The van der Waals surface area contributed by atoms with Gasteiger partial charge < -0.3 is 10.3 Å². The van der Waals surface area contributed by atoms with Crippen molar-refractivity contribution >= 4 is 34.0 Å². The van der Waals surface area contributed by atoms with E-state index in [9.17, 15) is 4.79 Å². The van der Waals surface area contributed by atoms with Crippen LogP contribution in [0.5, 0.6) is 0 Å². The second-order valence-electron chi connectivity index (χ2n) is 4.99. The SMILES string of the molecule is Cc1cc(C(=O)CSc2nnc(NC3CC3)s2)c(C)[nH]1. The molecule has 0 bridgehead atoms. The second-order valence-corrected chi connectivity index (χ2v) is 7.19. The first-order valence-electron chi connectivity index (χ1n) is 6.54. The highest BCUT2D eigenvalue weighted by Gasteiger charge is 2.22. The number of rotatable bonds is 6. The Morgan fingerprint density at radius 2 is 2.30 bits per heavy atom. The van der Waals surface area contributed by atoms with Crippen molar-refractivity contribution < 1.29 is 4.79 Å². The van der Waals surface area contributed by atoms with Crippen molar-refractivity contribution in [2.45, 2.75) is 37.1 Å². The summed E-state index contributed by atoms with van der Waals surface area (Å²) in [4.78, 5) is 15.3. The Bertz CT molecular complexity index is 630. The molecule has 1 aliphatic carbocycles. The number of hydrogen-bond acceptors (Lipinski definition) is 6. The molecule has 0 saturated heterocycles. The van der Waals surface area contributed by atoms with E-state index in [0.29, 0.717) is 11.8 Å². The van der Waals surface area contributed by atoms with Crippen LogP contribution in [-0.2, 0) is 0 Å². The zero-order valence-electron chi connectivity index (χ0n) is 11.4. The molecule has 0 aliphatic heterocycles. The Balaban J connectivity index is 1.57. The summed E-state index contributed by atoms with van der Waals surface area (Å²) in [6.07, 6.45) is 2.43. The van der Waals surface area contributed by atoms with E-state index in [2.05, 4.69) is 20.5 Å². The molecule has 5 nitrogen and oxygen atoms in total. The topological polar surface area (TPSA) is 70.7 Å². The van der Waals surface area contributed by atoms with Crippen molar-refractivity contribution in [2.24, 2.45) is 0 Å². The summed E-state index contributed by atoms with van der Waals surface area (Å²) >= 11 is 2.97. The van der Waals surface area contributed by atoms with Crippen molar-refractivity contribution in [3.8, 4) is 0 Å². The molecule has 2 heterocycles. The number of hydrogen-bond donors (Lipinski definition) is 2. The van der Waals surface area contributed by atoms with Gasteiger partial charge >= 0.3 is 0 Å². The molecule has 0 amide bonds. The standard InChI is InChI=1S/C13H16N4OS2/c1-7-5-10(8(2)14-7)11(18)6-19-13-17-16-12(20-13)15-9-3-4-9/h5,9,14H,3-4,6H2,1-2H3,(H,15,16). The fourth-order valence-corrected chi connectivity index (χ4v) is 3.66. The number of anilines is 1. The van der Waals surface area contributed by atoms with E-state index in [-0.39, 0.29) is 5.78 Å². The normalized spacial score (nSPS) is 14.5. The molecule has 0 atom stereocenters. The van der Waals surface area contributed by atoms with Gasteiger partial charge in [-0.1, -0.05) is 23.1 Å². The summed E-state index contributed by atoms with van der Waals surface area (Å²) in [6.45, 7) is 3.88. The van der Waals surface area contributed by atoms with Crippen LogP contribution in [0.4, 0.5) is 5.13 Å². The van der Waals surface area contributed by atoms with Crippen molar-refractivity contribution in [1.82, 2.24) is 15.2 Å². The predicted molar refractivity (Wildman–Crippen MR) is 81.9 cm³/mol. The van der Waals surface area contributed by atoms with E-state index in [1.807, 2.05) is 19.9 Å². The van der Waals surface area contributed by atoms with Crippen LogP contribution < -0.4 is 5.32 Å². The van der Waals surface area contributed by atoms with Crippen LogP contribution in [0.2, 0.25) is 0 Å². The Morgan fingerprint density at radius 1 is 1.50 bits per heavy atom. The minimum Gasteiger partial charge on any atom is -0.362 e. The zero-order chi connectivity index (χ0) is 14.1. The van der Waals surface area contributed by atoms with Gasteiger partial charge in [-0.25, -0.2) is 0 Å². The molecule has 0 aromatic carbocycles. The van der Waals surface area contributed by atoms with Crippen LogP contribution in [0, 0.1) is 13.8 Å². The third-order valence-corrected chi connectivity index (χ3v) is 5.08. The Labute approximate surface area is 125 Å². The number of ketones is 1. The molecule has 7 heteroatoms. The monoisotopic (exact) mass is 308 g/mol. The Morgan fingerprint density at radius 3 is 2.95 bits per heavy atom. The lowest BCUT2D eigenvalue weighted by atomic mass is 10.2. The molecule has 1 saturated carbocycles. The molecule has 106 valence electrons. The number of nitrogens with one attached hydrogen (secondary N) is 2. The van der Waals surface area contributed by atoms with Crippen LogP contribution in [0.1, 0.15) is 34.6 Å². The fourth-order valence-electron chi connectivity index (χ4n) is 1.95. The maximum Gasteiger partial charge on any atom is 0.206 e. The van der Waals surface area contributed by atoms with Crippen molar-refractivity contribution in [2.75, 3.05) is 11.1 Å². The van der Waals surface area contributed by atoms with Gasteiger partial charge in [-0.15, -0.1) is 10.2 Å². The molecule has 20 heavy (non-hydrogen) atoms. The highest BCUT2D eigenvalue weighted by molar-refractivity contribution is 8.01. The van der Waals surface area contributed by atoms with Gasteiger partial charge in [0.2, 0.25) is 5.13 Å². The lowest BCUT2D eigenvalue weighted by Crippen LogP contribution is -2.02. The van der Waals surface area contributed by atoms with Gasteiger partial charge in [-0.2, -0.15) is 0 Å². The van der Waals surface area contributed by atoms with Gasteiger partial charge in [-0.05, 0) is 32.8 Å². The molecule has 2 N–H and O–H groups in total. The molecule has 0 spiro atoms. The van der Waals surface area contributed by atoms with E-state index in [1.54, 1.807) is 0 Å². The van der Waals surface area contributed by atoms with E-state index in [4.69, 9.17) is 0 Å². The Kier molecular flexibility index (Phi) is 3.80. The summed E-state index contributed by atoms with van der Waals surface area (Å²) in [5, 5.41) is 12.4. The average molecular weight is 308 g/mol. The first-order valence-corrected chi connectivity index (χ1v) is 8.34. The number of carbonyl (C=O) groups is 1. The third-order valence-electron chi connectivity index (χ3n) is 3.09. The van der Waals surface area contributed by atoms with Crippen LogP contribution in [0.3, 0.4) is 0 Å². The largest absolute Gasteiger partial charge is 0.362 e. The van der Waals surface area contributed by atoms with Crippen LogP contribution in [0.25, 0.3) is 0 Å². The average Bonchev–Trinajstić information content (AvgIpc) is 2.99. The van der Waals surface area contributed by atoms with Crippen LogP contribution in [-0.4, -0.2) is 32.8 Å². The number of H-pyrrole nitrogens is 1. The molecule has 0 unspecified atom stereocenters. The van der Waals surface area contributed by atoms with Gasteiger partial charge in [0.05, 0.1) is 5.75 Å². The summed E-state index contributed by atoms with van der Waals surface area (Å²) in [6, 6.07) is 2.48. The minimum atomic E-state index is 0.128. The predicted octanol–water partition coefficient (Wildman–Crippen LogP) is 3.03. The Hall–Kier alpha value is -1.34. The number of aromatic nitrogens is 3. The van der Waals surface area contributed by atoms with Gasteiger partial charge in [0.15, 0.2) is 10.1 Å². The zero-order valence-corrected chi connectivity index (χ0v) is 13.0. The molecule has 2 aromatic heterocycles. The smallest absolute Gasteiger partial charge is 0.206 e. The molecule has 1 fully saturated rings. The van der Waals surface area contributed by atoms with Gasteiger partial charge in [0.25, 0.3) is 0 Å². The fraction of sp³-hybridized carbons (Fsp3) is 0.462. The summed E-state index contributed by atoms with van der Waals surface area (Å²) in [5.41, 5.74) is 2.72. The molecule has 0 radical (unpaired) electrons. The maximum atomic E-state index is 12.1. The number of nitrogens with zero attached hydrogens (tertiary/aromatic N) is 2. The summed E-state index contributed by atoms with van der Waals surface area (Å²) in [5.74, 6) is 0.527. The van der Waals surface area contributed by atoms with Gasteiger partial charge in [0, 0.05) is 23.0 Å². The third kappa shape index (κ3) is 3.21. The number of carbonyl (C=O) groups excluding carboxylic acids is 1. The number of aryl methyl sites for hydroxylation is 2. The second kappa shape index (κ2) is 5.57. The number of thioether (sulfide) groups is 1. The first kappa shape index (κ1) is 13.6. The molecule has 2 aromatic rings. The quantitative estimate of drug-likeness (QED) is 0.634. The molecular weight excluding hydrogens is 292 g/mol. The van der Waals surface area contributed by atoms with Crippen LogP contribution >= 0.6 is 23.1 Å². The maximum absolute atomic E-state index is 12.1. The minimum absolute atomic E-state index is 0.128. The van der Waals surface area contributed by atoms with E-state index >= 15 is 0 Å². The molecular formula is C13H16N4OS2. The van der Waals surface area contributed by atoms with E-state index in [1.165, 1.54) is 35.9 Å². The van der Waals surface area contributed by atoms with Crippen molar-refractivity contribution in [1.29, 1.82) is 0 Å². The van der Waals surface area contributed by atoms with Gasteiger partial charge in [0.1, 0.15) is 0 Å². The number of aromatic amines is 1.